The van der Waals surface area contributed by atoms with E-state index in [9.17, 15) is 18.0 Å². The lowest BCUT2D eigenvalue weighted by molar-refractivity contribution is -0.115. The fourth-order valence-corrected chi connectivity index (χ4v) is 4.15. The van der Waals surface area contributed by atoms with Gasteiger partial charge in [-0.3, -0.25) is 13.9 Å². The summed E-state index contributed by atoms with van der Waals surface area (Å²) in [5.74, 6) is -0.459. The van der Waals surface area contributed by atoms with Crippen LogP contribution in [0.25, 0.3) is 0 Å². The van der Waals surface area contributed by atoms with Crippen LogP contribution < -0.4 is 19.7 Å². The highest BCUT2D eigenvalue weighted by Crippen LogP contribution is 2.35. The molecule has 9 heteroatoms. The molecule has 0 fully saturated rings. The normalized spacial score (nSPS) is 13.6. The molecule has 1 heterocycles. The molecule has 8 nitrogen and oxygen atoms in total. The Morgan fingerprint density at radius 2 is 1.96 bits per heavy atom. The molecule has 1 aliphatic rings. The first-order chi connectivity index (χ1) is 12.3. The van der Waals surface area contributed by atoms with Gasteiger partial charge in [0.2, 0.25) is 11.8 Å². The summed E-state index contributed by atoms with van der Waals surface area (Å²) in [6.07, 6.45) is 0. The average Bonchev–Trinajstić information content (AvgIpc) is 2.60. The Kier molecular flexibility index (Phi) is 4.56. The number of amides is 2. The number of carbonyl (C=O) groups is 2. The van der Waals surface area contributed by atoms with E-state index in [0.29, 0.717) is 17.1 Å². The van der Waals surface area contributed by atoms with E-state index in [2.05, 4.69) is 10.6 Å². The number of methoxy groups -OCH3 is 1. The van der Waals surface area contributed by atoms with Crippen LogP contribution in [-0.4, -0.2) is 33.9 Å². The summed E-state index contributed by atoms with van der Waals surface area (Å²) in [6.45, 7) is 0.979. The lowest BCUT2D eigenvalue weighted by atomic mass is 10.2. The summed E-state index contributed by atoms with van der Waals surface area (Å²) in [6, 6.07) is 10.8. The van der Waals surface area contributed by atoms with Crippen LogP contribution in [0.1, 0.15) is 6.92 Å². The number of rotatable bonds is 4. The van der Waals surface area contributed by atoms with E-state index in [-0.39, 0.29) is 23.0 Å². The lowest BCUT2D eigenvalue weighted by Crippen LogP contribution is -2.42. The summed E-state index contributed by atoms with van der Waals surface area (Å²) in [4.78, 5) is 23.2. The summed E-state index contributed by atoms with van der Waals surface area (Å²) in [7, 11) is -2.61. The molecule has 0 saturated heterocycles. The number of carbonyl (C=O) groups excluding carboxylic acids is 2. The topological polar surface area (TPSA) is 105 Å². The maximum absolute atomic E-state index is 13.1. The first kappa shape index (κ1) is 17.7. The number of fused-ring (bicyclic) bond motifs is 1. The second-order valence-corrected chi connectivity index (χ2v) is 7.48. The smallest absolute Gasteiger partial charge is 0.264 e. The summed E-state index contributed by atoms with van der Waals surface area (Å²) in [5.41, 5.74) is 1.03. The van der Waals surface area contributed by atoms with Crippen LogP contribution in [-0.2, 0) is 19.6 Å². The highest BCUT2D eigenvalue weighted by Gasteiger charge is 2.32. The molecule has 1 aliphatic heterocycles. The molecule has 2 aromatic carbocycles. The van der Waals surface area contributed by atoms with Crippen molar-refractivity contribution in [2.45, 2.75) is 11.8 Å². The molecular formula is C17H17N3O5S. The summed E-state index contributed by atoms with van der Waals surface area (Å²) >= 11 is 0. The maximum Gasteiger partial charge on any atom is 0.264 e. The van der Waals surface area contributed by atoms with E-state index in [1.807, 2.05) is 0 Å². The van der Waals surface area contributed by atoms with Crippen molar-refractivity contribution in [2.75, 3.05) is 28.6 Å². The number of ether oxygens (including phenoxy) is 1. The third-order valence-corrected chi connectivity index (χ3v) is 5.56. The van der Waals surface area contributed by atoms with Crippen LogP contribution in [0.4, 0.5) is 17.1 Å². The van der Waals surface area contributed by atoms with Crippen molar-refractivity contribution >= 4 is 38.9 Å². The van der Waals surface area contributed by atoms with Gasteiger partial charge in [0.15, 0.2) is 0 Å². The van der Waals surface area contributed by atoms with Crippen molar-refractivity contribution in [3.8, 4) is 5.75 Å². The Morgan fingerprint density at radius 3 is 2.65 bits per heavy atom. The highest BCUT2D eigenvalue weighted by atomic mass is 32.2. The highest BCUT2D eigenvalue weighted by molar-refractivity contribution is 7.93. The van der Waals surface area contributed by atoms with E-state index in [1.54, 1.807) is 24.3 Å². The molecule has 0 spiro atoms. The van der Waals surface area contributed by atoms with Crippen LogP contribution in [0.5, 0.6) is 5.75 Å². The van der Waals surface area contributed by atoms with Crippen molar-refractivity contribution in [3.63, 3.8) is 0 Å². The van der Waals surface area contributed by atoms with Crippen molar-refractivity contribution < 1.29 is 22.7 Å². The largest absolute Gasteiger partial charge is 0.495 e. The molecule has 0 unspecified atom stereocenters. The second kappa shape index (κ2) is 6.68. The number of hydrogen-bond donors (Lipinski definition) is 2. The van der Waals surface area contributed by atoms with Crippen molar-refractivity contribution in [1.29, 1.82) is 0 Å². The summed E-state index contributed by atoms with van der Waals surface area (Å²) in [5, 5.41) is 5.19. The number of sulfonamides is 1. The molecule has 0 saturated carbocycles. The Morgan fingerprint density at radius 1 is 1.23 bits per heavy atom. The zero-order valence-corrected chi connectivity index (χ0v) is 15.0. The van der Waals surface area contributed by atoms with Gasteiger partial charge in [0, 0.05) is 6.92 Å². The van der Waals surface area contributed by atoms with Crippen molar-refractivity contribution in [1.82, 2.24) is 0 Å². The van der Waals surface area contributed by atoms with Gasteiger partial charge in [-0.15, -0.1) is 0 Å². The van der Waals surface area contributed by atoms with Gasteiger partial charge in [0.1, 0.15) is 12.3 Å². The zero-order valence-electron chi connectivity index (χ0n) is 14.1. The zero-order chi connectivity index (χ0) is 18.9. The standard InChI is InChI=1S/C17H17N3O5S/c1-11(21)18-14-9-12(7-8-16(14)25-2)26(23,24)20-10-17(22)19-13-5-3-4-6-15(13)20/h3-9H,10H2,1-2H3,(H,18,21)(H,19,22). The Balaban J connectivity index is 2.09. The molecule has 2 aromatic rings. The number of benzene rings is 2. The van der Waals surface area contributed by atoms with Crippen molar-refractivity contribution in [3.05, 3.63) is 42.5 Å². The molecule has 3 rings (SSSR count). The quantitative estimate of drug-likeness (QED) is 0.848. The number of hydrogen-bond acceptors (Lipinski definition) is 5. The van der Waals surface area contributed by atoms with Crippen LogP contribution in [0, 0.1) is 0 Å². The van der Waals surface area contributed by atoms with E-state index in [4.69, 9.17) is 4.74 Å². The maximum atomic E-state index is 13.1. The first-order valence-electron chi connectivity index (χ1n) is 7.70. The average molecular weight is 375 g/mol. The molecule has 2 N–H and O–H groups in total. The van der Waals surface area contributed by atoms with Crippen molar-refractivity contribution in [2.24, 2.45) is 0 Å². The van der Waals surface area contributed by atoms with E-state index in [1.165, 1.54) is 32.2 Å². The molecule has 0 aromatic heterocycles. The SMILES string of the molecule is COc1ccc(S(=O)(=O)N2CC(=O)Nc3ccccc32)cc1NC(C)=O. The molecule has 0 radical (unpaired) electrons. The van der Waals surface area contributed by atoms with Crippen LogP contribution in [0.3, 0.4) is 0 Å². The van der Waals surface area contributed by atoms with E-state index >= 15 is 0 Å². The molecule has 2 amide bonds. The number of anilines is 3. The Labute approximate surface area is 150 Å². The van der Waals surface area contributed by atoms with Gasteiger partial charge in [0.25, 0.3) is 10.0 Å². The fourth-order valence-electron chi connectivity index (χ4n) is 2.68. The van der Waals surface area contributed by atoms with Gasteiger partial charge in [-0.05, 0) is 30.3 Å². The fraction of sp³-hybridized carbons (Fsp3) is 0.176. The minimum atomic E-state index is -4.03. The van der Waals surface area contributed by atoms with Crippen LogP contribution in [0.15, 0.2) is 47.4 Å². The molecule has 0 bridgehead atoms. The van der Waals surface area contributed by atoms with Crippen LogP contribution in [0.2, 0.25) is 0 Å². The predicted molar refractivity (Wildman–Crippen MR) is 96.9 cm³/mol. The third-order valence-electron chi connectivity index (χ3n) is 3.80. The van der Waals surface area contributed by atoms with Crippen LogP contribution >= 0.6 is 0 Å². The third kappa shape index (κ3) is 3.21. The number of para-hydroxylation sites is 2. The van der Waals surface area contributed by atoms with E-state index < -0.39 is 15.9 Å². The molecule has 26 heavy (non-hydrogen) atoms. The van der Waals surface area contributed by atoms with Gasteiger partial charge < -0.3 is 15.4 Å². The minimum Gasteiger partial charge on any atom is -0.495 e. The van der Waals surface area contributed by atoms with Gasteiger partial charge >= 0.3 is 0 Å². The number of nitrogens with one attached hydrogen (secondary N) is 2. The van der Waals surface area contributed by atoms with Gasteiger partial charge in [-0.2, -0.15) is 0 Å². The van der Waals surface area contributed by atoms with E-state index in [0.717, 1.165) is 4.31 Å². The van der Waals surface area contributed by atoms with Gasteiger partial charge in [-0.25, -0.2) is 8.42 Å². The molecule has 0 aliphatic carbocycles. The predicted octanol–water partition coefficient (Wildman–Crippen LogP) is 1.80. The van der Waals surface area contributed by atoms with Gasteiger partial charge in [-0.1, -0.05) is 12.1 Å². The summed E-state index contributed by atoms with van der Waals surface area (Å²) < 4.78 is 32.4. The molecule has 0 atom stereocenters. The lowest BCUT2D eigenvalue weighted by Gasteiger charge is -2.30. The number of nitrogens with zero attached hydrogens (tertiary/aromatic N) is 1. The second-order valence-electron chi connectivity index (χ2n) is 5.62. The minimum absolute atomic E-state index is 0.0634. The molecular weight excluding hydrogens is 358 g/mol. The monoisotopic (exact) mass is 375 g/mol. The Hall–Kier alpha value is -3.07. The Bertz CT molecular complexity index is 988. The first-order valence-corrected chi connectivity index (χ1v) is 9.14. The molecule has 136 valence electrons. The van der Waals surface area contributed by atoms with Gasteiger partial charge in [0.05, 0.1) is 29.1 Å².